The van der Waals surface area contributed by atoms with Crippen LogP contribution in [0.2, 0.25) is 0 Å². The minimum Gasteiger partial charge on any atom is -0.450 e. The van der Waals surface area contributed by atoms with Crippen LogP contribution < -0.4 is 15.4 Å². The molecule has 2 heterocycles. The zero-order chi connectivity index (χ0) is 22.3. The van der Waals surface area contributed by atoms with Crippen LogP contribution in [0.4, 0.5) is 15.6 Å². The predicted octanol–water partition coefficient (Wildman–Crippen LogP) is 2.31. The number of amidine groups is 1. The molecule has 1 aromatic heterocycles. The number of sulfonamides is 1. The molecule has 3 N–H and O–H groups in total. The van der Waals surface area contributed by atoms with E-state index in [4.69, 9.17) is 4.74 Å². The standard InChI is InChI=1S/C17H20N6O5S3/c1-2-28-16(25)20-15-21-22-17(30-15)29-10-14(24)19-11-5-3-6-12(9-11)31(26,27)23-13-7-4-8-18-13/h3,5-6,9H,2,4,7-8,10H2,1H3,(H,18,23)(H,19,24)(H,20,21,25). The third-order valence-electron chi connectivity index (χ3n) is 3.77. The first-order chi connectivity index (χ1) is 14.9. The molecule has 0 atom stereocenters. The van der Waals surface area contributed by atoms with E-state index in [0.29, 0.717) is 28.8 Å². The lowest BCUT2D eigenvalue weighted by molar-refractivity contribution is -0.113. The number of rotatable bonds is 8. The fourth-order valence-electron chi connectivity index (χ4n) is 2.48. The Morgan fingerprint density at radius 2 is 2.10 bits per heavy atom. The molecule has 31 heavy (non-hydrogen) atoms. The van der Waals surface area contributed by atoms with E-state index in [-0.39, 0.29) is 28.3 Å². The van der Waals surface area contributed by atoms with Gasteiger partial charge in [-0.3, -0.25) is 19.8 Å². The Labute approximate surface area is 187 Å². The summed E-state index contributed by atoms with van der Waals surface area (Å²) in [5.74, 6) is 0.127. The van der Waals surface area contributed by atoms with Crippen LogP contribution >= 0.6 is 23.1 Å². The second-order valence-electron chi connectivity index (χ2n) is 6.12. The average Bonchev–Trinajstić information content (AvgIpc) is 3.38. The maximum absolute atomic E-state index is 12.5. The van der Waals surface area contributed by atoms with Crippen molar-refractivity contribution in [3.63, 3.8) is 0 Å². The molecule has 0 saturated heterocycles. The van der Waals surface area contributed by atoms with Crippen LogP contribution in [0, 0.1) is 0 Å². The first kappa shape index (κ1) is 23.0. The van der Waals surface area contributed by atoms with Gasteiger partial charge < -0.3 is 10.1 Å². The van der Waals surface area contributed by atoms with Gasteiger partial charge in [-0.2, -0.15) is 0 Å². The molecule has 0 radical (unpaired) electrons. The van der Waals surface area contributed by atoms with Crippen molar-refractivity contribution < 1.29 is 22.7 Å². The van der Waals surface area contributed by atoms with Crippen molar-refractivity contribution in [3.05, 3.63) is 24.3 Å². The molecular formula is C17H20N6O5S3. The van der Waals surface area contributed by atoms with Gasteiger partial charge in [-0.15, -0.1) is 10.2 Å². The average molecular weight is 485 g/mol. The second-order valence-corrected chi connectivity index (χ2v) is 10.0. The van der Waals surface area contributed by atoms with Crippen LogP contribution in [0.15, 0.2) is 38.5 Å². The highest BCUT2D eigenvalue weighted by Crippen LogP contribution is 2.26. The minimum absolute atomic E-state index is 0.0279. The van der Waals surface area contributed by atoms with Crippen molar-refractivity contribution in [1.82, 2.24) is 14.9 Å². The van der Waals surface area contributed by atoms with Gasteiger partial charge in [0.05, 0.1) is 17.3 Å². The molecule has 1 aliphatic rings. The Morgan fingerprint density at radius 3 is 2.84 bits per heavy atom. The van der Waals surface area contributed by atoms with E-state index in [1.807, 2.05) is 0 Å². The molecule has 166 valence electrons. The van der Waals surface area contributed by atoms with Crippen molar-refractivity contribution >= 4 is 61.8 Å². The Morgan fingerprint density at radius 1 is 1.26 bits per heavy atom. The number of nitrogens with zero attached hydrogens (tertiary/aromatic N) is 3. The van der Waals surface area contributed by atoms with Gasteiger partial charge in [0.2, 0.25) is 11.0 Å². The molecular weight excluding hydrogens is 464 g/mol. The van der Waals surface area contributed by atoms with Crippen molar-refractivity contribution in [2.45, 2.75) is 29.0 Å². The van der Waals surface area contributed by atoms with Crippen molar-refractivity contribution in [3.8, 4) is 0 Å². The summed E-state index contributed by atoms with van der Waals surface area (Å²) in [7, 11) is -3.77. The van der Waals surface area contributed by atoms with Gasteiger partial charge in [0.15, 0.2) is 4.34 Å². The Balaban J connectivity index is 1.53. The smallest absolute Gasteiger partial charge is 0.413 e. The highest BCUT2D eigenvalue weighted by atomic mass is 32.2. The summed E-state index contributed by atoms with van der Waals surface area (Å²) < 4.78 is 32.7. The van der Waals surface area contributed by atoms with Gasteiger partial charge >= 0.3 is 6.09 Å². The topological polar surface area (TPSA) is 152 Å². The number of benzene rings is 1. The second kappa shape index (κ2) is 10.5. The van der Waals surface area contributed by atoms with E-state index in [0.717, 1.165) is 29.5 Å². The van der Waals surface area contributed by atoms with Crippen LogP contribution in [0.5, 0.6) is 0 Å². The lowest BCUT2D eigenvalue weighted by Crippen LogP contribution is -2.29. The van der Waals surface area contributed by atoms with E-state index in [2.05, 4.69) is 30.5 Å². The lowest BCUT2D eigenvalue weighted by atomic mass is 10.3. The highest BCUT2D eigenvalue weighted by molar-refractivity contribution is 8.01. The SMILES string of the molecule is CCOC(=O)Nc1nnc(SCC(=O)Nc2cccc(S(=O)(=O)NC3=NCCC3)c2)s1. The summed E-state index contributed by atoms with van der Waals surface area (Å²) in [6.07, 6.45) is 0.785. The zero-order valence-corrected chi connectivity index (χ0v) is 18.9. The summed E-state index contributed by atoms with van der Waals surface area (Å²) in [4.78, 5) is 27.8. The normalized spacial score (nSPS) is 13.4. The number of hydrogen-bond donors (Lipinski definition) is 3. The molecule has 1 aliphatic heterocycles. The van der Waals surface area contributed by atoms with Crippen LogP contribution in [-0.4, -0.2) is 55.4 Å². The fraction of sp³-hybridized carbons (Fsp3) is 0.353. The number of aliphatic imine (C=N–C) groups is 1. The fourth-order valence-corrected chi connectivity index (χ4v) is 5.15. The van der Waals surface area contributed by atoms with Crippen LogP contribution in [0.25, 0.3) is 0 Å². The number of carbonyl (C=O) groups is 2. The van der Waals surface area contributed by atoms with Gasteiger partial charge in [0.1, 0.15) is 5.84 Å². The maximum Gasteiger partial charge on any atom is 0.413 e. The monoisotopic (exact) mass is 484 g/mol. The van der Waals surface area contributed by atoms with Gasteiger partial charge in [-0.25, -0.2) is 13.2 Å². The summed E-state index contributed by atoms with van der Waals surface area (Å²) in [5.41, 5.74) is 0.351. The Hall–Kier alpha value is -2.71. The molecule has 0 aliphatic carbocycles. The molecule has 14 heteroatoms. The minimum atomic E-state index is -3.77. The van der Waals surface area contributed by atoms with Crippen molar-refractivity contribution in [2.24, 2.45) is 4.99 Å². The van der Waals surface area contributed by atoms with E-state index in [1.165, 1.54) is 12.1 Å². The molecule has 0 unspecified atom stereocenters. The van der Waals surface area contributed by atoms with E-state index >= 15 is 0 Å². The molecule has 2 aromatic rings. The number of thioether (sulfide) groups is 1. The summed E-state index contributed by atoms with van der Waals surface area (Å²) in [6, 6.07) is 5.97. The molecule has 0 spiro atoms. The van der Waals surface area contributed by atoms with Crippen LogP contribution in [0.3, 0.4) is 0 Å². The lowest BCUT2D eigenvalue weighted by Gasteiger charge is -2.10. The summed E-state index contributed by atoms with van der Waals surface area (Å²) >= 11 is 2.24. The maximum atomic E-state index is 12.5. The largest absolute Gasteiger partial charge is 0.450 e. The number of nitrogens with one attached hydrogen (secondary N) is 3. The number of aromatic nitrogens is 2. The van der Waals surface area contributed by atoms with E-state index < -0.39 is 16.1 Å². The summed E-state index contributed by atoms with van der Waals surface area (Å²) in [5, 5.41) is 13.0. The van der Waals surface area contributed by atoms with Crippen molar-refractivity contribution in [2.75, 3.05) is 29.5 Å². The number of amides is 2. The molecule has 2 amide bonds. The Kier molecular flexibility index (Phi) is 7.81. The Bertz CT molecular complexity index is 1090. The van der Waals surface area contributed by atoms with Crippen LogP contribution in [0.1, 0.15) is 19.8 Å². The first-order valence-electron chi connectivity index (χ1n) is 9.22. The van der Waals surface area contributed by atoms with Gasteiger partial charge in [-0.05, 0) is 31.5 Å². The first-order valence-corrected chi connectivity index (χ1v) is 12.5. The molecule has 1 aromatic carbocycles. The van der Waals surface area contributed by atoms with Gasteiger partial charge in [-0.1, -0.05) is 29.2 Å². The molecule has 0 fully saturated rings. The highest BCUT2D eigenvalue weighted by Gasteiger charge is 2.19. The third kappa shape index (κ3) is 6.90. The molecule has 0 bridgehead atoms. The summed E-state index contributed by atoms with van der Waals surface area (Å²) in [6.45, 7) is 2.53. The number of hydrogen-bond acceptors (Lipinski definition) is 10. The molecule has 0 saturated carbocycles. The van der Waals surface area contributed by atoms with E-state index in [1.54, 1.807) is 19.1 Å². The molecule has 3 rings (SSSR count). The quantitative estimate of drug-likeness (QED) is 0.381. The number of ether oxygens (including phenoxy) is 1. The van der Waals surface area contributed by atoms with E-state index in [9.17, 15) is 18.0 Å². The number of carbonyl (C=O) groups excluding carboxylic acids is 2. The molecule has 11 nitrogen and oxygen atoms in total. The van der Waals surface area contributed by atoms with Crippen molar-refractivity contribution in [1.29, 1.82) is 0 Å². The van der Waals surface area contributed by atoms with Gasteiger partial charge in [0, 0.05) is 18.7 Å². The van der Waals surface area contributed by atoms with Gasteiger partial charge in [0.25, 0.3) is 10.0 Å². The third-order valence-corrected chi connectivity index (χ3v) is 7.12. The number of anilines is 2. The van der Waals surface area contributed by atoms with Crippen LogP contribution in [-0.2, 0) is 19.6 Å². The zero-order valence-electron chi connectivity index (χ0n) is 16.5. The predicted molar refractivity (Wildman–Crippen MR) is 118 cm³/mol.